The van der Waals surface area contributed by atoms with E-state index in [4.69, 9.17) is 4.74 Å². The Morgan fingerprint density at radius 3 is 2.35 bits per heavy atom. The summed E-state index contributed by atoms with van der Waals surface area (Å²) < 4.78 is 5.09. The first-order chi connectivity index (χ1) is 8.28. The first kappa shape index (κ1) is 11.3. The molecule has 0 saturated heterocycles. The van der Waals surface area contributed by atoms with Crippen LogP contribution in [0.2, 0.25) is 0 Å². The summed E-state index contributed by atoms with van der Waals surface area (Å²) in [5.41, 5.74) is 2.03. The number of phenolic OH excluding ortho intramolecular Hbond substituents is 1. The molecule has 0 spiro atoms. The zero-order valence-electron chi connectivity index (χ0n) is 9.63. The van der Waals surface area contributed by atoms with E-state index < -0.39 is 0 Å². The van der Waals surface area contributed by atoms with Crippen LogP contribution in [0.4, 0.5) is 0 Å². The Morgan fingerprint density at radius 2 is 1.65 bits per heavy atom. The highest BCUT2D eigenvalue weighted by atomic mass is 16.5. The molecular formula is C15H14O2. The fraction of sp³-hybridized carbons (Fsp3) is 0.0667. The molecule has 0 fully saturated rings. The molecule has 0 heterocycles. The van der Waals surface area contributed by atoms with Crippen molar-refractivity contribution in [1.29, 1.82) is 0 Å². The van der Waals surface area contributed by atoms with E-state index in [1.165, 1.54) is 0 Å². The summed E-state index contributed by atoms with van der Waals surface area (Å²) in [6, 6.07) is 15.2. The molecule has 0 radical (unpaired) electrons. The first-order valence-electron chi connectivity index (χ1n) is 5.39. The van der Waals surface area contributed by atoms with Gasteiger partial charge in [-0.3, -0.25) is 0 Å². The van der Waals surface area contributed by atoms with Gasteiger partial charge in [-0.2, -0.15) is 0 Å². The second-order valence-corrected chi connectivity index (χ2v) is 3.71. The number of hydrogen-bond acceptors (Lipinski definition) is 2. The van der Waals surface area contributed by atoms with Crippen molar-refractivity contribution in [3.8, 4) is 11.5 Å². The highest BCUT2D eigenvalue weighted by Gasteiger charge is 1.97. The number of methoxy groups -OCH3 is 1. The zero-order valence-corrected chi connectivity index (χ0v) is 9.63. The third-order valence-electron chi connectivity index (χ3n) is 2.42. The summed E-state index contributed by atoms with van der Waals surface area (Å²) in [7, 11) is 1.58. The Labute approximate surface area is 101 Å². The lowest BCUT2D eigenvalue weighted by Crippen LogP contribution is -1.83. The molecule has 0 amide bonds. The summed E-state index contributed by atoms with van der Waals surface area (Å²) in [6.07, 6.45) is 3.94. The first-order valence-corrected chi connectivity index (χ1v) is 5.39. The highest BCUT2D eigenvalue weighted by Crippen LogP contribution is 2.22. The molecule has 0 atom stereocenters. The van der Waals surface area contributed by atoms with Gasteiger partial charge in [0.2, 0.25) is 0 Å². The van der Waals surface area contributed by atoms with Gasteiger partial charge in [0.15, 0.2) is 0 Å². The number of ether oxygens (including phenoxy) is 1. The largest absolute Gasteiger partial charge is 0.508 e. The standard InChI is InChI=1S/C15H14O2/c1-17-15-10-13(9-14(16)11-15)8-7-12-5-3-2-4-6-12/h2-11,16H,1H3. The molecule has 2 rings (SSSR count). The average Bonchev–Trinajstić information content (AvgIpc) is 2.37. The van der Waals surface area contributed by atoms with Crippen LogP contribution in [0.15, 0.2) is 48.5 Å². The van der Waals surface area contributed by atoms with Crippen LogP contribution < -0.4 is 4.74 Å². The summed E-state index contributed by atoms with van der Waals surface area (Å²) >= 11 is 0. The van der Waals surface area contributed by atoms with Gasteiger partial charge in [-0.1, -0.05) is 42.5 Å². The molecule has 2 heteroatoms. The molecule has 86 valence electrons. The van der Waals surface area contributed by atoms with Gasteiger partial charge in [0, 0.05) is 6.07 Å². The lowest BCUT2D eigenvalue weighted by molar-refractivity contribution is 0.407. The number of benzene rings is 2. The summed E-state index contributed by atoms with van der Waals surface area (Å²) in [4.78, 5) is 0. The molecule has 17 heavy (non-hydrogen) atoms. The van der Waals surface area contributed by atoms with Crippen LogP contribution in [0.1, 0.15) is 11.1 Å². The van der Waals surface area contributed by atoms with Gasteiger partial charge in [0.25, 0.3) is 0 Å². The predicted octanol–water partition coefficient (Wildman–Crippen LogP) is 3.57. The Hall–Kier alpha value is -2.22. The van der Waals surface area contributed by atoms with Gasteiger partial charge < -0.3 is 9.84 Å². The summed E-state index contributed by atoms with van der Waals surface area (Å²) in [5.74, 6) is 0.856. The van der Waals surface area contributed by atoms with Crippen LogP contribution in [0, 0.1) is 0 Å². The normalized spacial score (nSPS) is 10.6. The van der Waals surface area contributed by atoms with E-state index in [0.717, 1.165) is 11.1 Å². The van der Waals surface area contributed by atoms with E-state index in [9.17, 15) is 5.11 Å². The lowest BCUT2D eigenvalue weighted by Gasteiger charge is -2.02. The number of hydrogen-bond donors (Lipinski definition) is 1. The summed E-state index contributed by atoms with van der Waals surface area (Å²) in [6.45, 7) is 0. The minimum atomic E-state index is 0.206. The molecule has 2 aromatic rings. The monoisotopic (exact) mass is 226 g/mol. The second-order valence-electron chi connectivity index (χ2n) is 3.71. The van der Waals surface area contributed by atoms with E-state index in [2.05, 4.69) is 0 Å². The van der Waals surface area contributed by atoms with Crippen LogP contribution in [-0.2, 0) is 0 Å². The molecule has 2 nitrogen and oxygen atoms in total. The van der Waals surface area contributed by atoms with Gasteiger partial charge in [0.05, 0.1) is 7.11 Å². The van der Waals surface area contributed by atoms with Gasteiger partial charge >= 0.3 is 0 Å². The van der Waals surface area contributed by atoms with Crippen molar-refractivity contribution < 1.29 is 9.84 Å². The van der Waals surface area contributed by atoms with Crippen LogP contribution in [-0.4, -0.2) is 12.2 Å². The van der Waals surface area contributed by atoms with Gasteiger partial charge in [-0.25, -0.2) is 0 Å². The maximum absolute atomic E-state index is 9.51. The fourth-order valence-corrected chi connectivity index (χ4v) is 1.58. The van der Waals surface area contributed by atoms with Crippen molar-refractivity contribution in [3.05, 3.63) is 59.7 Å². The topological polar surface area (TPSA) is 29.5 Å². The quantitative estimate of drug-likeness (QED) is 0.811. The summed E-state index contributed by atoms with van der Waals surface area (Å²) in [5, 5.41) is 9.51. The SMILES string of the molecule is COc1cc(O)cc(C=Cc2ccccc2)c1. The van der Waals surface area contributed by atoms with Crippen molar-refractivity contribution in [1.82, 2.24) is 0 Å². The fourth-order valence-electron chi connectivity index (χ4n) is 1.58. The maximum atomic E-state index is 9.51. The average molecular weight is 226 g/mol. The number of rotatable bonds is 3. The molecule has 0 aliphatic rings. The molecule has 0 aliphatic heterocycles. The smallest absolute Gasteiger partial charge is 0.123 e. The van der Waals surface area contributed by atoms with E-state index in [1.54, 1.807) is 19.2 Å². The molecule has 0 unspecified atom stereocenters. The molecule has 0 aliphatic carbocycles. The van der Waals surface area contributed by atoms with Crippen LogP contribution in [0.25, 0.3) is 12.2 Å². The Balaban J connectivity index is 2.24. The van der Waals surface area contributed by atoms with Crippen LogP contribution in [0.5, 0.6) is 11.5 Å². The van der Waals surface area contributed by atoms with Gasteiger partial charge in [0.1, 0.15) is 11.5 Å². The Bertz CT molecular complexity index is 516. The van der Waals surface area contributed by atoms with Crippen molar-refractivity contribution >= 4 is 12.2 Å². The minimum Gasteiger partial charge on any atom is -0.508 e. The molecule has 1 N–H and O–H groups in total. The van der Waals surface area contributed by atoms with Crippen molar-refractivity contribution in [2.75, 3.05) is 7.11 Å². The zero-order chi connectivity index (χ0) is 12.1. The third kappa shape index (κ3) is 3.11. The van der Waals surface area contributed by atoms with Crippen LogP contribution >= 0.6 is 0 Å². The minimum absolute atomic E-state index is 0.206. The van der Waals surface area contributed by atoms with E-state index in [0.29, 0.717) is 5.75 Å². The van der Waals surface area contributed by atoms with Crippen LogP contribution in [0.3, 0.4) is 0 Å². The van der Waals surface area contributed by atoms with E-state index >= 15 is 0 Å². The van der Waals surface area contributed by atoms with Crippen molar-refractivity contribution in [2.45, 2.75) is 0 Å². The molecule has 0 aromatic heterocycles. The molecule has 0 saturated carbocycles. The molecule has 0 bridgehead atoms. The van der Waals surface area contributed by atoms with E-state index in [-0.39, 0.29) is 5.75 Å². The van der Waals surface area contributed by atoms with Crippen molar-refractivity contribution in [2.24, 2.45) is 0 Å². The maximum Gasteiger partial charge on any atom is 0.123 e. The Morgan fingerprint density at radius 1 is 0.941 bits per heavy atom. The third-order valence-corrected chi connectivity index (χ3v) is 2.42. The number of phenols is 1. The van der Waals surface area contributed by atoms with Gasteiger partial charge in [-0.05, 0) is 23.3 Å². The van der Waals surface area contributed by atoms with E-state index in [1.807, 2.05) is 48.6 Å². The second kappa shape index (κ2) is 5.21. The Kier molecular flexibility index (Phi) is 3.46. The number of aromatic hydroxyl groups is 1. The predicted molar refractivity (Wildman–Crippen MR) is 70.0 cm³/mol. The van der Waals surface area contributed by atoms with Crippen molar-refractivity contribution in [3.63, 3.8) is 0 Å². The lowest BCUT2D eigenvalue weighted by atomic mass is 10.1. The van der Waals surface area contributed by atoms with Gasteiger partial charge in [-0.15, -0.1) is 0 Å². The molecule has 2 aromatic carbocycles. The molecular weight excluding hydrogens is 212 g/mol. The highest BCUT2D eigenvalue weighted by molar-refractivity contribution is 5.70.